The molecule has 42 heavy (non-hydrogen) atoms. The van der Waals surface area contributed by atoms with Crippen molar-refractivity contribution in [2.24, 2.45) is 5.41 Å². The van der Waals surface area contributed by atoms with E-state index in [1.807, 2.05) is 19.1 Å². The number of likely N-dealkylation sites (tertiary alicyclic amines) is 1. The lowest BCUT2D eigenvalue weighted by Crippen LogP contribution is -2.54. The molecule has 3 N–H and O–H groups in total. The number of piperidine rings is 1. The number of rotatable bonds is 9. The maximum Gasteiger partial charge on any atom is 0.411 e. The zero-order chi connectivity index (χ0) is 30.9. The van der Waals surface area contributed by atoms with E-state index >= 15 is 0 Å². The Bertz CT molecular complexity index is 1270. The molecule has 1 aliphatic rings. The molecule has 1 fully saturated rings. The van der Waals surface area contributed by atoms with Gasteiger partial charge < -0.3 is 25.0 Å². The van der Waals surface area contributed by atoms with Crippen LogP contribution in [0, 0.1) is 17.0 Å². The van der Waals surface area contributed by atoms with Crippen molar-refractivity contribution in [2.45, 2.75) is 59.1 Å². The number of carbonyl (C=O) groups excluding carboxylic acids is 4. The number of halogens is 2. The number of amides is 4. The molecule has 0 spiro atoms. The summed E-state index contributed by atoms with van der Waals surface area (Å²) in [6, 6.07) is 10.9. The lowest BCUT2D eigenvalue weighted by atomic mass is 9.78. The second-order valence-corrected chi connectivity index (χ2v) is 11.2. The molecule has 10 nitrogen and oxygen atoms in total. The Kier molecular flexibility index (Phi) is 10.8. The predicted octanol–water partition coefficient (Wildman–Crippen LogP) is 4.53. The van der Waals surface area contributed by atoms with Crippen LogP contribution in [0.1, 0.15) is 51.7 Å². The van der Waals surface area contributed by atoms with Crippen molar-refractivity contribution in [3.8, 4) is 0 Å². The van der Waals surface area contributed by atoms with Gasteiger partial charge in [0.1, 0.15) is 18.8 Å². The molecule has 1 saturated heterocycles. The first-order chi connectivity index (χ1) is 19.8. The van der Waals surface area contributed by atoms with E-state index < -0.39 is 40.7 Å². The molecule has 228 valence electrons. The fourth-order valence-corrected chi connectivity index (χ4v) is 4.42. The molecule has 0 aromatic heterocycles. The minimum absolute atomic E-state index is 0.0338. The second kappa shape index (κ2) is 14.1. The first-order valence-corrected chi connectivity index (χ1v) is 13.8. The lowest BCUT2D eigenvalue weighted by molar-refractivity contribution is -0.142. The van der Waals surface area contributed by atoms with Crippen molar-refractivity contribution >= 4 is 29.7 Å². The number of carbonyl (C=O) groups is 4. The zero-order valence-corrected chi connectivity index (χ0v) is 24.4. The van der Waals surface area contributed by atoms with E-state index in [1.165, 1.54) is 17.0 Å². The summed E-state index contributed by atoms with van der Waals surface area (Å²) in [7, 11) is 0. The van der Waals surface area contributed by atoms with Crippen LogP contribution in [0.5, 0.6) is 0 Å². The van der Waals surface area contributed by atoms with Gasteiger partial charge in [-0.05, 0) is 63.8 Å². The van der Waals surface area contributed by atoms with Crippen LogP contribution in [0.25, 0.3) is 0 Å². The van der Waals surface area contributed by atoms with E-state index in [4.69, 9.17) is 9.47 Å². The van der Waals surface area contributed by atoms with E-state index in [2.05, 4.69) is 16.0 Å². The molecule has 4 amide bonds. The van der Waals surface area contributed by atoms with Crippen LogP contribution in [0.15, 0.2) is 42.5 Å². The highest BCUT2D eigenvalue weighted by Crippen LogP contribution is 2.33. The third kappa shape index (κ3) is 9.15. The van der Waals surface area contributed by atoms with Crippen molar-refractivity contribution in [2.75, 3.05) is 31.6 Å². The number of alkyl carbamates (subject to hydrolysis) is 1. The standard InChI is InChI=1S/C30H38F2N4O6/c1-5-20-9-11-22(12-10-20)35-28(40)41-19-30(26(38)33-17-21-7-6-8-23(31)25(21)32)13-15-36(16-14-30)24(37)18-34-27(39)42-29(2,3)4/h6-12H,5,13-19H2,1-4H3,(H,33,38)(H,34,39)(H,35,40). The van der Waals surface area contributed by atoms with Gasteiger partial charge in [-0.3, -0.25) is 14.9 Å². The van der Waals surface area contributed by atoms with Gasteiger partial charge in [-0.1, -0.05) is 31.2 Å². The lowest BCUT2D eigenvalue weighted by Gasteiger charge is -2.40. The number of nitrogens with one attached hydrogen (secondary N) is 3. The first kappa shape index (κ1) is 32.3. The highest BCUT2D eigenvalue weighted by atomic mass is 19.2. The molecule has 0 unspecified atom stereocenters. The summed E-state index contributed by atoms with van der Waals surface area (Å²) in [5, 5.41) is 7.69. The van der Waals surface area contributed by atoms with E-state index in [9.17, 15) is 28.0 Å². The van der Waals surface area contributed by atoms with E-state index in [1.54, 1.807) is 32.9 Å². The summed E-state index contributed by atoms with van der Waals surface area (Å²) in [5.41, 5.74) is -0.362. The molecular formula is C30H38F2N4O6. The van der Waals surface area contributed by atoms with Crippen LogP contribution in [0.4, 0.5) is 24.1 Å². The zero-order valence-electron chi connectivity index (χ0n) is 24.4. The largest absolute Gasteiger partial charge is 0.448 e. The molecule has 0 bridgehead atoms. The Morgan fingerprint density at radius 3 is 2.24 bits per heavy atom. The third-order valence-corrected chi connectivity index (χ3v) is 6.90. The molecule has 1 aliphatic heterocycles. The molecule has 0 radical (unpaired) electrons. The monoisotopic (exact) mass is 588 g/mol. The Balaban J connectivity index is 1.65. The van der Waals surface area contributed by atoms with Crippen LogP contribution in [-0.4, -0.2) is 60.7 Å². The molecule has 1 heterocycles. The molecule has 12 heteroatoms. The number of hydrogen-bond donors (Lipinski definition) is 3. The van der Waals surface area contributed by atoms with E-state index in [-0.39, 0.29) is 57.1 Å². The molecule has 0 aliphatic carbocycles. The van der Waals surface area contributed by atoms with Gasteiger partial charge in [0, 0.05) is 30.9 Å². The predicted molar refractivity (Wildman–Crippen MR) is 151 cm³/mol. The van der Waals surface area contributed by atoms with Crippen molar-refractivity contribution in [1.29, 1.82) is 0 Å². The minimum Gasteiger partial charge on any atom is -0.448 e. The van der Waals surface area contributed by atoms with Gasteiger partial charge in [0.25, 0.3) is 0 Å². The van der Waals surface area contributed by atoms with Gasteiger partial charge >= 0.3 is 12.2 Å². The fourth-order valence-electron chi connectivity index (χ4n) is 4.42. The maximum absolute atomic E-state index is 14.2. The summed E-state index contributed by atoms with van der Waals surface area (Å²) in [4.78, 5) is 52.2. The summed E-state index contributed by atoms with van der Waals surface area (Å²) in [6.07, 6.45) is -0.390. The summed E-state index contributed by atoms with van der Waals surface area (Å²) < 4.78 is 38.4. The molecule has 2 aromatic rings. The number of hydrogen-bond acceptors (Lipinski definition) is 6. The Labute approximate surface area is 244 Å². The SMILES string of the molecule is CCc1ccc(NC(=O)OCC2(C(=O)NCc3cccc(F)c3F)CCN(C(=O)CNC(=O)OC(C)(C)C)CC2)cc1. The van der Waals surface area contributed by atoms with Crippen LogP contribution in [-0.2, 0) is 32.0 Å². The topological polar surface area (TPSA) is 126 Å². The smallest absolute Gasteiger partial charge is 0.411 e. The average molecular weight is 589 g/mol. The van der Waals surface area contributed by atoms with Gasteiger partial charge in [-0.25, -0.2) is 18.4 Å². The molecular weight excluding hydrogens is 550 g/mol. The highest BCUT2D eigenvalue weighted by molar-refractivity contribution is 5.87. The van der Waals surface area contributed by atoms with Gasteiger partial charge in [0.2, 0.25) is 11.8 Å². The van der Waals surface area contributed by atoms with Crippen molar-refractivity contribution < 1.29 is 37.4 Å². The van der Waals surface area contributed by atoms with Crippen LogP contribution in [0.2, 0.25) is 0 Å². The quantitative estimate of drug-likeness (QED) is 0.395. The molecule has 0 saturated carbocycles. The summed E-state index contributed by atoms with van der Waals surface area (Å²) in [6.45, 7) is 6.54. The van der Waals surface area contributed by atoms with Crippen molar-refractivity contribution in [3.05, 3.63) is 65.2 Å². The number of ether oxygens (including phenoxy) is 2. The summed E-state index contributed by atoms with van der Waals surface area (Å²) >= 11 is 0. The highest BCUT2D eigenvalue weighted by Gasteiger charge is 2.43. The third-order valence-electron chi connectivity index (χ3n) is 6.90. The van der Waals surface area contributed by atoms with Gasteiger partial charge in [-0.15, -0.1) is 0 Å². The number of anilines is 1. The molecule has 2 aromatic carbocycles. The second-order valence-electron chi connectivity index (χ2n) is 11.2. The Morgan fingerprint density at radius 2 is 1.62 bits per heavy atom. The van der Waals surface area contributed by atoms with Crippen LogP contribution in [0.3, 0.4) is 0 Å². The van der Waals surface area contributed by atoms with Gasteiger partial charge in [0.05, 0.1) is 5.41 Å². The van der Waals surface area contributed by atoms with Crippen LogP contribution < -0.4 is 16.0 Å². The fraction of sp³-hybridized carbons (Fsp3) is 0.467. The van der Waals surface area contributed by atoms with Crippen LogP contribution >= 0.6 is 0 Å². The number of benzene rings is 2. The van der Waals surface area contributed by atoms with Gasteiger partial charge in [0.15, 0.2) is 11.6 Å². The Morgan fingerprint density at radius 1 is 0.952 bits per heavy atom. The Hall–Kier alpha value is -4.22. The van der Waals surface area contributed by atoms with E-state index in [0.29, 0.717) is 5.69 Å². The van der Waals surface area contributed by atoms with Gasteiger partial charge in [-0.2, -0.15) is 0 Å². The maximum atomic E-state index is 14.2. The first-order valence-electron chi connectivity index (χ1n) is 13.8. The number of aryl methyl sites for hydroxylation is 1. The van der Waals surface area contributed by atoms with Crippen molar-refractivity contribution in [3.63, 3.8) is 0 Å². The normalized spacial score (nSPS) is 14.5. The van der Waals surface area contributed by atoms with E-state index in [0.717, 1.165) is 18.1 Å². The summed E-state index contributed by atoms with van der Waals surface area (Å²) in [5.74, 6) is -2.99. The average Bonchev–Trinajstić information content (AvgIpc) is 2.95. The minimum atomic E-state index is -1.23. The molecule has 3 rings (SSSR count). The number of nitrogens with zero attached hydrogens (tertiary/aromatic N) is 1. The van der Waals surface area contributed by atoms with Crippen molar-refractivity contribution in [1.82, 2.24) is 15.5 Å². The molecule has 0 atom stereocenters.